The summed E-state index contributed by atoms with van der Waals surface area (Å²) in [5.41, 5.74) is 1.30. The molecule has 5 rings (SSSR count). The van der Waals surface area contributed by atoms with Crippen molar-refractivity contribution in [2.45, 2.75) is 0 Å². The van der Waals surface area contributed by atoms with Crippen LogP contribution in [0.2, 0.25) is 0 Å². The number of benzene rings is 3. The van der Waals surface area contributed by atoms with Gasteiger partial charge in [-0.15, -0.1) is 11.3 Å². The topological polar surface area (TPSA) is 118 Å². The Hall–Kier alpha value is -4.83. The first kappa shape index (κ1) is 22.9. The van der Waals surface area contributed by atoms with Crippen LogP contribution in [-0.2, 0) is 0 Å². The minimum Gasteiger partial charge on any atom is -0.495 e. The Kier molecular flexibility index (Phi) is 6.01. The third kappa shape index (κ3) is 4.10. The van der Waals surface area contributed by atoms with Crippen LogP contribution in [0.25, 0.3) is 0 Å². The van der Waals surface area contributed by atoms with Crippen LogP contribution >= 0.6 is 11.3 Å². The molecule has 9 nitrogen and oxygen atoms in total. The summed E-state index contributed by atoms with van der Waals surface area (Å²) in [6.45, 7) is 0. The summed E-state index contributed by atoms with van der Waals surface area (Å²) in [6.07, 6.45) is 1.57. The van der Waals surface area contributed by atoms with Gasteiger partial charge in [0.25, 0.3) is 23.6 Å². The van der Waals surface area contributed by atoms with E-state index in [1.165, 1.54) is 36.6 Å². The van der Waals surface area contributed by atoms with Gasteiger partial charge in [-0.1, -0.05) is 24.3 Å². The fraction of sp³-hybridized carbons (Fsp3) is 0.0385. The Balaban J connectivity index is 1.40. The number of anilines is 3. The highest BCUT2D eigenvalue weighted by atomic mass is 32.1. The number of methoxy groups -OCH3 is 1. The normalized spacial score (nSPS) is 12.3. The number of amides is 4. The van der Waals surface area contributed by atoms with Gasteiger partial charge in [-0.2, -0.15) is 0 Å². The van der Waals surface area contributed by atoms with Gasteiger partial charge >= 0.3 is 0 Å². The van der Waals surface area contributed by atoms with Gasteiger partial charge in [0.1, 0.15) is 5.75 Å². The number of nitrogens with one attached hydrogen (secondary N) is 2. The van der Waals surface area contributed by atoms with Gasteiger partial charge in [0.2, 0.25) is 0 Å². The third-order valence-corrected chi connectivity index (χ3v) is 6.24. The molecule has 0 spiro atoms. The average Bonchev–Trinajstić information content (AvgIpc) is 3.50. The molecule has 2 heterocycles. The molecule has 178 valence electrons. The number of nitrogens with zero attached hydrogens (tertiary/aromatic N) is 2. The summed E-state index contributed by atoms with van der Waals surface area (Å²) in [6, 6.07) is 17.5. The van der Waals surface area contributed by atoms with Gasteiger partial charge in [-0.25, -0.2) is 9.88 Å². The predicted octanol–water partition coefficient (Wildman–Crippen LogP) is 4.46. The summed E-state index contributed by atoms with van der Waals surface area (Å²) in [5.74, 6) is -1.66. The molecule has 0 fully saturated rings. The number of carbonyl (C=O) groups is 4. The first-order valence-corrected chi connectivity index (χ1v) is 11.6. The molecule has 0 radical (unpaired) electrons. The van der Waals surface area contributed by atoms with E-state index in [1.54, 1.807) is 60.1 Å². The molecule has 36 heavy (non-hydrogen) atoms. The number of imide groups is 1. The predicted molar refractivity (Wildman–Crippen MR) is 135 cm³/mol. The summed E-state index contributed by atoms with van der Waals surface area (Å²) < 4.78 is 5.30. The number of thiazole rings is 1. The zero-order chi connectivity index (χ0) is 25.2. The molecule has 1 aromatic heterocycles. The quantitative estimate of drug-likeness (QED) is 0.379. The molecule has 0 atom stereocenters. The Morgan fingerprint density at radius 3 is 2.42 bits per heavy atom. The highest BCUT2D eigenvalue weighted by Gasteiger charge is 2.38. The molecule has 1 aliphatic heterocycles. The minimum atomic E-state index is -0.558. The van der Waals surface area contributed by atoms with Crippen LogP contribution in [0.15, 0.2) is 78.3 Å². The van der Waals surface area contributed by atoms with Crippen molar-refractivity contribution in [3.05, 3.63) is 101 Å². The first-order chi connectivity index (χ1) is 17.5. The number of para-hydroxylation sites is 3. The molecule has 1 aliphatic rings. The number of hydrogen-bond donors (Lipinski definition) is 2. The maximum atomic E-state index is 13.2. The van der Waals surface area contributed by atoms with Crippen molar-refractivity contribution >= 4 is 51.5 Å². The molecule has 0 aliphatic carbocycles. The summed E-state index contributed by atoms with van der Waals surface area (Å²) in [4.78, 5) is 57.0. The van der Waals surface area contributed by atoms with Crippen LogP contribution in [0.4, 0.5) is 16.5 Å². The van der Waals surface area contributed by atoms with Crippen LogP contribution in [0, 0.1) is 0 Å². The lowest BCUT2D eigenvalue weighted by Gasteiger charge is -2.16. The number of rotatable bonds is 6. The van der Waals surface area contributed by atoms with E-state index in [2.05, 4.69) is 15.6 Å². The zero-order valence-corrected chi connectivity index (χ0v) is 19.7. The van der Waals surface area contributed by atoms with Crippen molar-refractivity contribution in [1.29, 1.82) is 0 Å². The number of hydrogen-bond acceptors (Lipinski definition) is 7. The van der Waals surface area contributed by atoms with Gasteiger partial charge in [0.15, 0.2) is 5.13 Å². The fourth-order valence-corrected chi connectivity index (χ4v) is 4.37. The number of ether oxygens (including phenoxy) is 1. The fourth-order valence-electron chi connectivity index (χ4n) is 3.85. The molecular formula is C26H18N4O5S. The van der Waals surface area contributed by atoms with Gasteiger partial charge in [-0.05, 0) is 42.5 Å². The molecule has 0 unspecified atom stereocenters. The molecule has 0 saturated carbocycles. The van der Waals surface area contributed by atoms with Gasteiger partial charge in [0.05, 0.1) is 35.2 Å². The monoisotopic (exact) mass is 498 g/mol. The maximum absolute atomic E-state index is 13.2. The molecular weight excluding hydrogens is 480 g/mol. The maximum Gasteiger partial charge on any atom is 0.266 e. The van der Waals surface area contributed by atoms with E-state index in [-0.39, 0.29) is 27.9 Å². The molecule has 2 N–H and O–H groups in total. The van der Waals surface area contributed by atoms with E-state index in [4.69, 9.17) is 4.74 Å². The summed E-state index contributed by atoms with van der Waals surface area (Å²) in [5, 5.41) is 7.57. The molecule has 0 bridgehead atoms. The zero-order valence-electron chi connectivity index (χ0n) is 18.8. The Morgan fingerprint density at radius 1 is 0.889 bits per heavy atom. The third-order valence-electron chi connectivity index (χ3n) is 5.55. The van der Waals surface area contributed by atoms with Crippen LogP contribution in [0.1, 0.15) is 41.4 Å². The number of fused-ring (bicyclic) bond motifs is 1. The van der Waals surface area contributed by atoms with Crippen molar-refractivity contribution in [2.24, 2.45) is 0 Å². The highest BCUT2D eigenvalue weighted by Crippen LogP contribution is 2.35. The standard InChI is InChI=1S/C26H18N4O5S/c1-35-21-9-5-4-8-20(21)30-24(33)16-11-10-15(14-18(16)25(30)34)22(31)28-19-7-3-2-6-17(19)23(32)29-26-27-12-13-36-26/h2-14H,1H3,(H,28,31)(H,27,29,32). The molecule has 3 aromatic carbocycles. The highest BCUT2D eigenvalue weighted by molar-refractivity contribution is 7.13. The molecule has 4 amide bonds. The minimum absolute atomic E-state index is 0.105. The summed E-state index contributed by atoms with van der Waals surface area (Å²) in [7, 11) is 1.45. The Morgan fingerprint density at radius 2 is 1.64 bits per heavy atom. The first-order valence-electron chi connectivity index (χ1n) is 10.7. The lowest BCUT2D eigenvalue weighted by molar-refractivity contribution is 0.0923. The van der Waals surface area contributed by atoms with Gasteiger partial charge < -0.3 is 10.1 Å². The van der Waals surface area contributed by atoms with E-state index in [0.29, 0.717) is 16.6 Å². The second-order valence-electron chi connectivity index (χ2n) is 7.67. The Labute approximate surface area is 209 Å². The van der Waals surface area contributed by atoms with Crippen molar-refractivity contribution in [2.75, 3.05) is 22.6 Å². The van der Waals surface area contributed by atoms with E-state index >= 15 is 0 Å². The van der Waals surface area contributed by atoms with Crippen LogP contribution < -0.4 is 20.3 Å². The van der Waals surface area contributed by atoms with Crippen molar-refractivity contribution in [3.8, 4) is 5.75 Å². The largest absolute Gasteiger partial charge is 0.495 e. The smallest absolute Gasteiger partial charge is 0.266 e. The molecule has 4 aromatic rings. The number of carbonyl (C=O) groups excluding carboxylic acids is 4. The summed E-state index contributed by atoms with van der Waals surface area (Å²) >= 11 is 1.27. The van der Waals surface area contributed by atoms with E-state index in [9.17, 15) is 19.2 Å². The Bertz CT molecular complexity index is 1520. The average molecular weight is 499 g/mol. The second kappa shape index (κ2) is 9.43. The SMILES string of the molecule is COc1ccccc1N1C(=O)c2ccc(C(=O)Nc3ccccc3C(=O)Nc3nccs3)cc2C1=O. The van der Waals surface area contributed by atoms with Crippen molar-refractivity contribution in [1.82, 2.24) is 4.98 Å². The van der Waals surface area contributed by atoms with Crippen molar-refractivity contribution in [3.63, 3.8) is 0 Å². The van der Waals surface area contributed by atoms with Crippen molar-refractivity contribution < 1.29 is 23.9 Å². The number of aromatic nitrogens is 1. The van der Waals surface area contributed by atoms with Crippen LogP contribution in [0.3, 0.4) is 0 Å². The van der Waals surface area contributed by atoms with Crippen LogP contribution in [0.5, 0.6) is 5.75 Å². The van der Waals surface area contributed by atoms with Gasteiger partial charge in [-0.3, -0.25) is 24.5 Å². The molecule has 10 heteroatoms. The lowest BCUT2D eigenvalue weighted by Crippen LogP contribution is -2.29. The van der Waals surface area contributed by atoms with E-state index < -0.39 is 23.6 Å². The van der Waals surface area contributed by atoms with Crippen LogP contribution in [-0.4, -0.2) is 35.7 Å². The second-order valence-corrected chi connectivity index (χ2v) is 8.56. The van der Waals surface area contributed by atoms with Gasteiger partial charge in [0, 0.05) is 17.1 Å². The van der Waals surface area contributed by atoms with E-state index in [1.807, 2.05) is 0 Å². The molecule has 0 saturated heterocycles. The van der Waals surface area contributed by atoms with E-state index in [0.717, 1.165) is 4.90 Å². The lowest BCUT2D eigenvalue weighted by atomic mass is 10.0.